The van der Waals surface area contributed by atoms with Gasteiger partial charge in [0, 0.05) is 18.6 Å². The molecule has 0 radical (unpaired) electrons. The summed E-state index contributed by atoms with van der Waals surface area (Å²) < 4.78 is 1.39. The van der Waals surface area contributed by atoms with Gasteiger partial charge in [-0.15, -0.1) is 0 Å². The number of carbonyl (C=O) groups is 2. The zero-order valence-electron chi connectivity index (χ0n) is 14.4. The van der Waals surface area contributed by atoms with Crippen molar-refractivity contribution < 1.29 is 9.59 Å². The number of hydrogen-bond donors (Lipinski definition) is 2. The fraction of sp³-hybridized carbons (Fsp3) is 0.167. The topological polar surface area (TPSA) is 102 Å². The Bertz CT molecular complexity index is 950. The van der Waals surface area contributed by atoms with E-state index in [1.165, 1.54) is 4.68 Å². The van der Waals surface area contributed by atoms with Crippen LogP contribution in [-0.2, 0) is 11.3 Å². The van der Waals surface area contributed by atoms with Gasteiger partial charge in [-0.05, 0) is 55.3 Å². The number of anilines is 2. The Kier molecular flexibility index (Phi) is 5.02. The molecule has 132 valence electrons. The predicted molar refractivity (Wildman–Crippen MR) is 96.8 cm³/mol. The highest BCUT2D eigenvalue weighted by Gasteiger charge is 2.12. The summed E-state index contributed by atoms with van der Waals surface area (Å²) in [5, 5.41) is 9.49. The van der Waals surface area contributed by atoms with Crippen molar-refractivity contribution in [1.29, 1.82) is 0 Å². The SMILES string of the molecule is Cc1ccnc(NC(=O)Cn2ccc(C(=O)Nc3cc(C)ccn3)n2)c1. The molecule has 3 aromatic rings. The molecule has 3 heterocycles. The van der Waals surface area contributed by atoms with Gasteiger partial charge < -0.3 is 10.6 Å². The highest BCUT2D eigenvalue weighted by molar-refractivity contribution is 6.02. The average molecular weight is 350 g/mol. The maximum Gasteiger partial charge on any atom is 0.277 e. The van der Waals surface area contributed by atoms with E-state index in [1.807, 2.05) is 26.0 Å². The highest BCUT2D eigenvalue weighted by atomic mass is 16.2. The van der Waals surface area contributed by atoms with Crippen LogP contribution in [0, 0.1) is 13.8 Å². The maximum atomic E-state index is 12.2. The van der Waals surface area contributed by atoms with Gasteiger partial charge in [0.05, 0.1) is 0 Å². The van der Waals surface area contributed by atoms with Gasteiger partial charge in [-0.2, -0.15) is 5.10 Å². The third kappa shape index (κ3) is 4.50. The highest BCUT2D eigenvalue weighted by Crippen LogP contribution is 2.08. The molecule has 0 aliphatic rings. The van der Waals surface area contributed by atoms with Crippen LogP contribution in [0.2, 0.25) is 0 Å². The molecule has 0 bridgehead atoms. The number of aryl methyl sites for hydroxylation is 2. The lowest BCUT2D eigenvalue weighted by Crippen LogP contribution is -2.20. The molecule has 0 saturated carbocycles. The largest absolute Gasteiger partial charge is 0.309 e. The standard InChI is InChI=1S/C18H18N6O2/c1-12-3-6-19-15(9-12)21-17(25)11-24-8-5-14(23-24)18(26)22-16-10-13(2)4-7-20-16/h3-10H,11H2,1-2H3,(H,19,21,25)(H,20,22,26). The molecular formula is C18H18N6O2. The molecule has 0 aromatic carbocycles. The second kappa shape index (κ2) is 7.56. The molecule has 3 aromatic heterocycles. The quantitative estimate of drug-likeness (QED) is 0.734. The monoisotopic (exact) mass is 350 g/mol. The number of rotatable bonds is 5. The third-order valence-electron chi connectivity index (χ3n) is 3.52. The summed E-state index contributed by atoms with van der Waals surface area (Å²) in [5.41, 5.74) is 2.19. The minimum atomic E-state index is -0.386. The fourth-order valence-electron chi connectivity index (χ4n) is 2.29. The molecule has 26 heavy (non-hydrogen) atoms. The molecule has 0 unspecified atom stereocenters. The molecular weight excluding hydrogens is 332 g/mol. The Morgan fingerprint density at radius 1 is 0.962 bits per heavy atom. The van der Waals surface area contributed by atoms with Crippen LogP contribution in [-0.4, -0.2) is 31.6 Å². The first-order valence-electron chi connectivity index (χ1n) is 7.99. The van der Waals surface area contributed by atoms with Crippen LogP contribution in [0.25, 0.3) is 0 Å². The van der Waals surface area contributed by atoms with Gasteiger partial charge in [-0.25, -0.2) is 9.97 Å². The van der Waals surface area contributed by atoms with E-state index in [-0.39, 0.29) is 24.1 Å². The third-order valence-corrected chi connectivity index (χ3v) is 3.52. The number of carbonyl (C=O) groups excluding carboxylic acids is 2. The van der Waals surface area contributed by atoms with E-state index in [9.17, 15) is 9.59 Å². The average Bonchev–Trinajstić information content (AvgIpc) is 3.03. The summed E-state index contributed by atoms with van der Waals surface area (Å²) in [6.07, 6.45) is 4.82. The fourth-order valence-corrected chi connectivity index (χ4v) is 2.29. The first-order valence-corrected chi connectivity index (χ1v) is 7.99. The number of hydrogen-bond acceptors (Lipinski definition) is 5. The van der Waals surface area contributed by atoms with Crippen molar-refractivity contribution in [3.63, 3.8) is 0 Å². The Morgan fingerprint density at radius 3 is 2.19 bits per heavy atom. The van der Waals surface area contributed by atoms with Crippen molar-refractivity contribution in [2.45, 2.75) is 20.4 Å². The van der Waals surface area contributed by atoms with Gasteiger partial charge in [0.2, 0.25) is 5.91 Å². The van der Waals surface area contributed by atoms with E-state index in [4.69, 9.17) is 0 Å². The van der Waals surface area contributed by atoms with Crippen molar-refractivity contribution in [1.82, 2.24) is 19.7 Å². The first kappa shape index (κ1) is 17.3. The second-order valence-electron chi connectivity index (χ2n) is 5.84. The molecule has 0 aliphatic heterocycles. The predicted octanol–water partition coefficient (Wildman–Crippen LogP) is 2.18. The Hall–Kier alpha value is -3.55. The number of aromatic nitrogens is 4. The van der Waals surface area contributed by atoms with Gasteiger partial charge in [0.1, 0.15) is 18.2 Å². The van der Waals surface area contributed by atoms with Gasteiger partial charge >= 0.3 is 0 Å². The van der Waals surface area contributed by atoms with Crippen LogP contribution in [0.5, 0.6) is 0 Å². The smallest absolute Gasteiger partial charge is 0.277 e. The zero-order chi connectivity index (χ0) is 18.5. The lowest BCUT2D eigenvalue weighted by molar-refractivity contribution is -0.116. The normalized spacial score (nSPS) is 10.4. The molecule has 8 nitrogen and oxygen atoms in total. The summed E-state index contributed by atoms with van der Waals surface area (Å²) in [5.74, 6) is 0.263. The summed E-state index contributed by atoms with van der Waals surface area (Å²) in [6, 6.07) is 8.76. The number of nitrogens with one attached hydrogen (secondary N) is 2. The molecule has 2 amide bonds. The first-order chi connectivity index (χ1) is 12.5. The van der Waals surface area contributed by atoms with Crippen molar-refractivity contribution >= 4 is 23.5 Å². The van der Waals surface area contributed by atoms with Crippen LogP contribution < -0.4 is 10.6 Å². The molecule has 0 fully saturated rings. The summed E-state index contributed by atoms with van der Waals surface area (Å²) >= 11 is 0. The van der Waals surface area contributed by atoms with Crippen molar-refractivity contribution in [3.8, 4) is 0 Å². The van der Waals surface area contributed by atoms with E-state index in [1.54, 1.807) is 36.8 Å². The summed E-state index contributed by atoms with van der Waals surface area (Å²) in [4.78, 5) is 32.4. The Morgan fingerprint density at radius 2 is 1.58 bits per heavy atom. The van der Waals surface area contributed by atoms with E-state index < -0.39 is 0 Å². The molecule has 0 spiro atoms. The second-order valence-corrected chi connectivity index (χ2v) is 5.84. The van der Waals surface area contributed by atoms with Crippen LogP contribution in [0.3, 0.4) is 0 Å². The maximum absolute atomic E-state index is 12.2. The number of amides is 2. The van der Waals surface area contributed by atoms with Gasteiger partial charge in [-0.1, -0.05) is 0 Å². The van der Waals surface area contributed by atoms with Crippen molar-refractivity contribution in [2.75, 3.05) is 10.6 Å². The van der Waals surface area contributed by atoms with Crippen LogP contribution >= 0.6 is 0 Å². The van der Waals surface area contributed by atoms with Crippen LogP contribution in [0.4, 0.5) is 11.6 Å². The molecule has 0 saturated heterocycles. The zero-order valence-corrected chi connectivity index (χ0v) is 14.4. The van der Waals surface area contributed by atoms with Crippen molar-refractivity contribution in [3.05, 3.63) is 65.7 Å². The molecule has 2 N–H and O–H groups in total. The van der Waals surface area contributed by atoms with Gasteiger partial charge in [-0.3, -0.25) is 14.3 Å². The number of nitrogens with zero attached hydrogens (tertiary/aromatic N) is 4. The van der Waals surface area contributed by atoms with Gasteiger partial charge in [0.15, 0.2) is 5.69 Å². The molecule has 8 heteroatoms. The Balaban J connectivity index is 1.60. The summed E-state index contributed by atoms with van der Waals surface area (Å²) in [6.45, 7) is 3.80. The number of pyridine rings is 2. The van der Waals surface area contributed by atoms with Gasteiger partial charge in [0.25, 0.3) is 5.91 Å². The van der Waals surface area contributed by atoms with Crippen LogP contribution in [0.1, 0.15) is 21.6 Å². The minimum Gasteiger partial charge on any atom is -0.309 e. The molecule has 0 atom stereocenters. The van der Waals surface area contributed by atoms with E-state index >= 15 is 0 Å². The summed E-state index contributed by atoms with van der Waals surface area (Å²) in [7, 11) is 0. The Labute approximate surface area is 150 Å². The molecule has 3 rings (SSSR count). The molecule has 0 aliphatic carbocycles. The lowest BCUT2D eigenvalue weighted by atomic mass is 10.3. The van der Waals surface area contributed by atoms with Crippen molar-refractivity contribution in [2.24, 2.45) is 0 Å². The van der Waals surface area contributed by atoms with Crippen LogP contribution in [0.15, 0.2) is 48.9 Å². The van der Waals surface area contributed by atoms with E-state index in [0.29, 0.717) is 11.6 Å². The van der Waals surface area contributed by atoms with E-state index in [2.05, 4.69) is 25.7 Å². The van der Waals surface area contributed by atoms with E-state index in [0.717, 1.165) is 11.1 Å². The lowest BCUT2D eigenvalue weighted by Gasteiger charge is -2.05. The minimum absolute atomic E-state index is 0.0222.